The van der Waals surface area contributed by atoms with Gasteiger partial charge in [0.05, 0.1) is 67.3 Å². The summed E-state index contributed by atoms with van der Waals surface area (Å²) in [5.41, 5.74) is 20.6. The number of ether oxygens (including phenoxy) is 6. The number of nitrogens with zero attached hydrogens (tertiary/aromatic N) is 6. The largest absolute Gasteiger partial charge is 0.573 e. The van der Waals surface area contributed by atoms with Crippen molar-refractivity contribution in [1.29, 1.82) is 0 Å². The molecule has 584 valence electrons. The summed E-state index contributed by atoms with van der Waals surface area (Å²) in [4.78, 5) is 72.0. The summed E-state index contributed by atoms with van der Waals surface area (Å²) in [6.07, 6.45) is -3.34. The Kier molecular flexibility index (Phi) is 27.5. The Bertz CT molecular complexity index is 4910. The number of nitrogens with two attached hydrogens (primary N) is 3. The highest BCUT2D eigenvalue weighted by atomic mass is 35.5. The van der Waals surface area contributed by atoms with E-state index in [9.17, 15) is 45.5 Å². The summed E-state index contributed by atoms with van der Waals surface area (Å²) in [6, 6.07) is 39.8. The van der Waals surface area contributed by atoms with Crippen molar-refractivity contribution in [2.75, 3.05) is 33.0 Å². The summed E-state index contributed by atoms with van der Waals surface area (Å²) in [7, 11) is 0. The average Bonchev–Trinajstić information content (AvgIpc) is 1.59. The predicted molar refractivity (Wildman–Crippen MR) is 400 cm³/mol. The average molecular weight is 1550 g/mol. The maximum absolute atomic E-state index is 15.8. The number of guanidine groups is 1. The first-order valence-electron chi connectivity index (χ1n) is 35.5. The third kappa shape index (κ3) is 22.0. The maximum atomic E-state index is 15.8. The van der Waals surface area contributed by atoms with Crippen LogP contribution in [0.1, 0.15) is 111 Å². The lowest BCUT2D eigenvalue weighted by atomic mass is 10.0. The van der Waals surface area contributed by atoms with E-state index in [1.165, 1.54) is 39.6 Å². The van der Waals surface area contributed by atoms with Crippen LogP contribution in [0.4, 0.5) is 44.7 Å². The maximum Gasteiger partial charge on any atom is 0.573 e. The Morgan fingerprint density at radius 2 is 1.14 bits per heavy atom. The molecule has 0 spiro atoms. The van der Waals surface area contributed by atoms with Crippen molar-refractivity contribution in [1.82, 2.24) is 44.6 Å². The summed E-state index contributed by atoms with van der Waals surface area (Å²) >= 11 is 0. The van der Waals surface area contributed by atoms with Gasteiger partial charge in [-0.1, -0.05) is 98.3 Å². The highest BCUT2D eigenvalue weighted by Gasteiger charge is 2.38. The number of H-pyrrole nitrogens is 2. The van der Waals surface area contributed by atoms with Crippen molar-refractivity contribution in [2.24, 2.45) is 22.2 Å². The number of alkyl carbamates (subject to hydrolysis) is 1. The van der Waals surface area contributed by atoms with E-state index in [1.54, 1.807) is 54.4 Å². The number of rotatable bonds is 26. The van der Waals surface area contributed by atoms with Crippen LogP contribution in [0.3, 0.4) is 0 Å². The first-order valence-corrected chi connectivity index (χ1v) is 35.5. The quantitative estimate of drug-likeness (QED) is 0.0151. The number of carbonyl (C=O) groups is 2. The highest BCUT2D eigenvalue weighted by Crippen LogP contribution is 2.39. The van der Waals surface area contributed by atoms with Crippen LogP contribution in [0, 0.1) is 11.6 Å². The van der Waals surface area contributed by atoms with Crippen LogP contribution in [0.15, 0.2) is 173 Å². The number of hydrogen-bond acceptors (Lipinski definition) is 15. The number of halogens is 9. The van der Waals surface area contributed by atoms with E-state index in [0.29, 0.717) is 105 Å². The number of benzene rings is 6. The zero-order valence-electron chi connectivity index (χ0n) is 60.2. The van der Waals surface area contributed by atoms with E-state index < -0.39 is 65.5 Å². The molecule has 110 heavy (non-hydrogen) atoms. The third-order valence-electron chi connectivity index (χ3n) is 18.3. The van der Waals surface area contributed by atoms with Gasteiger partial charge >= 0.3 is 36.3 Å². The Labute approximate surface area is 632 Å². The van der Waals surface area contributed by atoms with E-state index in [1.807, 2.05) is 86.6 Å². The molecule has 2 fully saturated rings. The minimum atomic E-state index is -5.17. The molecule has 0 unspecified atom stereocenters. The Hall–Kier alpha value is -10.9. The fraction of sp³-hybridized carbons (Fsp3) is 0.346. The summed E-state index contributed by atoms with van der Waals surface area (Å²) in [5, 5.41) is 7.10. The van der Waals surface area contributed by atoms with E-state index in [2.05, 4.69) is 45.0 Å². The van der Waals surface area contributed by atoms with E-state index >= 15 is 8.78 Å². The highest BCUT2D eigenvalue weighted by molar-refractivity contribution is 5.86. The van der Waals surface area contributed by atoms with Crippen molar-refractivity contribution in [3.8, 4) is 45.4 Å². The number of amides is 2. The van der Waals surface area contributed by atoms with Gasteiger partial charge in [-0.3, -0.25) is 19.0 Å². The van der Waals surface area contributed by atoms with Crippen LogP contribution >= 0.6 is 12.4 Å². The summed E-state index contributed by atoms with van der Waals surface area (Å²) in [5.74, 6) is -4.35. The number of aromatic nitrogens is 6. The molecule has 2 aliphatic rings. The van der Waals surface area contributed by atoms with Gasteiger partial charge in [-0.15, -0.1) is 38.7 Å². The molecule has 0 bridgehead atoms. The van der Waals surface area contributed by atoms with Crippen LogP contribution in [-0.2, 0) is 45.0 Å². The molecule has 0 saturated carbocycles. The van der Waals surface area contributed by atoms with E-state index in [4.69, 9.17) is 36.1 Å². The predicted octanol–water partition coefficient (Wildman–Crippen LogP) is 14.1. The zero-order valence-corrected chi connectivity index (χ0v) is 61.0. The van der Waals surface area contributed by atoms with E-state index in [-0.39, 0.29) is 109 Å². The summed E-state index contributed by atoms with van der Waals surface area (Å²) in [6.45, 7) is 7.95. The van der Waals surface area contributed by atoms with Crippen LogP contribution in [0.5, 0.6) is 11.5 Å². The molecular weight excluding hydrogens is 1470 g/mol. The molecule has 32 heteroatoms. The van der Waals surface area contributed by atoms with Crippen molar-refractivity contribution < 1.29 is 73.1 Å². The number of carbonyl (C=O) groups excluding carboxylic acids is 2. The molecule has 2 amide bonds. The molecule has 6 aromatic carbocycles. The molecule has 2 saturated heterocycles. The number of hydrogen-bond donors (Lipinski definition) is 7. The lowest BCUT2D eigenvalue weighted by molar-refractivity contribution is -0.276. The second-order valence-corrected chi connectivity index (χ2v) is 26.8. The number of morpholine rings is 2. The fourth-order valence-corrected chi connectivity index (χ4v) is 13.1. The number of fused-ring (bicyclic) bond motifs is 2. The molecule has 4 aromatic heterocycles. The Balaban J connectivity index is 0.000000243. The number of aryl methyl sites for hydroxylation is 2. The SMILES string of the molecule is CCC[C@H]1COC[C@@H](c2ccc(-n3cc4cc(-c5cc(CCC[C@H](C)NC(=O)OCc6ccccc6)cc(OC(F)(F)F)c5F)[nH]c4nc3=O)cc2)N1C(=O)OCc1ccccc1.C[C@H](N)CCCc1cc(OC(F)(F)F)c(F)c(-c2cc3cn(-c4ccc([C@@H]5COC[C@H](CCN=C(N)N)N5)cc4)c(=O)nc3[nH]2)c1.Cl. The zero-order chi connectivity index (χ0) is 77.5. The van der Waals surface area contributed by atoms with Gasteiger partial charge in [-0.2, -0.15) is 9.97 Å². The van der Waals surface area contributed by atoms with Crippen molar-refractivity contribution >= 4 is 52.6 Å². The normalized spacial score (nSPS) is 16.4. The van der Waals surface area contributed by atoms with Gasteiger partial charge in [-0.05, 0) is 159 Å². The standard InChI is InChI=1S/C47H47F4N5O7.C31H36F4N8O3.ClH/c1-3-11-37-28-60-29-40(56(37)46(59)62-27-32-15-8-5-9-16-32)34-18-20-36(21-19-34)55-25-35-24-39(53-43(35)54-44(55)57)38-22-33(23-41(42(38)48)63-47(49,50)51)17-10-12-30(2)52-45(58)61-26-31-13-6-4-7-14-31;1-17(36)3-2-4-18-11-23(27(32)26(12-18)46-31(33,34)35)24-13-20-14-43(30(44)42-28(20)41-24)22-7-5-19(6-8-22)25-16-45-15-21(40-25)9-10-39-29(37)38;/h4-9,13-16,18-25,30,37,40H,3,10-12,17,26-29H2,1-2H3,(H,52,58)(H,53,54,57);5-8,11-14,17,21,25,40H,2-4,9-10,15-16,36H2,1H3,(H4,37,38,39)(H,41,42,44);1H/t30-,37-,40-;17-,21-,25-;/m00./s1. The molecule has 10 N–H and O–H groups in total. The second-order valence-electron chi connectivity index (χ2n) is 26.8. The fourth-order valence-electron chi connectivity index (χ4n) is 13.1. The van der Waals surface area contributed by atoms with Gasteiger partial charge in [0.25, 0.3) is 0 Å². The number of alkyl halides is 6. The van der Waals surface area contributed by atoms with Crippen molar-refractivity contribution in [3.05, 3.63) is 224 Å². The molecule has 23 nitrogen and oxygen atoms in total. The monoisotopic (exact) mass is 1550 g/mol. The van der Waals surface area contributed by atoms with Gasteiger partial charge < -0.3 is 66.2 Å². The van der Waals surface area contributed by atoms with Gasteiger partial charge in [0.2, 0.25) is 0 Å². The molecule has 0 aliphatic carbocycles. The Morgan fingerprint density at radius 3 is 1.64 bits per heavy atom. The molecule has 12 rings (SSSR count). The molecule has 6 heterocycles. The lowest BCUT2D eigenvalue weighted by Gasteiger charge is -2.41. The van der Waals surface area contributed by atoms with Gasteiger partial charge in [0.15, 0.2) is 29.1 Å². The third-order valence-corrected chi connectivity index (χ3v) is 18.3. The molecule has 2 aliphatic heterocycles. The molecule has 6 atom stereocenters. The van der Waals surface area contributed by atoms with Gasteiger partial charge in [-0.25, -0.2) is 28.0 Å². The van der Waals surface area contributed by atoms with E-state index in [0.717, 1.165) is 40.8 Å². The topological polar surface area (TPSA) is 309 Å². The molecule has 0 radical (unpaired) electrons. The van der Waals surface area contributed by atoms with Crippen LogP contribution in [0.2, 0.25) is 0 Å². The van der Waals surface area contributed by atoms with Crippen LogP contribution in [0.25, 0.3) is 56.0 Å². The van der Waals surface area contributed by atoms with Gasteiger partial charge in [0, 0.05) is 59.0 Å². The minimum Gasteiger partial charge on any atom is -0.445 e. The lowest BCUT2D eigenvalue weighted by Crippen LogP contribution is -2.50. The summed E-state index contributed by atoms with van der Waals surface area (Å²) < 4.78 is 144. The number of aromatic amines is 2. The molecular formula is C78H84ClF8N13O10. The smallest absolute Gasteiger partial charge is 0.445 e. The molecule has 10 aromatic rings. The van der Waals surface area contributed by atoms with Crippen molar-refractivity contribution in [3.63, 3.8) is 0 Å². The first kappa shape index (κ1) is 81.7. The van der Waals surface area contributed by atoms with Crippen LogP contribution < -0.4 is 48.7 Å². The number of aliphatic imine (C=N–C) groups is 1. The number of nitrogens with one attached hydrogen (secondary N) is 4. The minimum absolute atomic E-state index is 0. The Morgan fingerprint density at radius 1 is 0.636 bits per heavy atom. The van der Waals surface area contributed by atoms with Crippen molar-refractivity contribution in [2.45, 2.75) is 141 Å². The second kappa shape index (κ2) is 37.0. The first-order chi connectivity index (χ1) is 52.2. The van der Waals surface area contributed by atoms with Crippen LogP contribution in [-0.4, -0.2) is 122 Å². The van der Waals surface area contributed by atoms with Gasteiger partial charge in [0.1, 0.15) is 24.5 Å².